The Morgan fingerprint density at radius 2 is 1.73 bits per heavy atom. The summed E-state index contributed by atoms with van der Waals surface area (Å²) in [6, 6.07) is 24.8. The Hall–Kier alpha value is -2.76. The molecule has 172 valence electrons. The van der Waals surface area contributed by atoms with Crippen LogP contribution in [0.4, 0.5) is 0 Å². The lowest BCUT2D eigenvalue weighted by Crippen LogP contribution is -2.32. The number of methoxy groups -OCH3 is 1. The molecule has 0 unspecified atom stereocenters. The van der Waals surface area contributed by atoms with Gasteiger partial charge in [0.25, 0.3) is 5.91 Å². The lowest BCUT2D eigenvalue weighted by Gasteiger charge is -2.32. The molecule has 0 aliphatic carbocycles. The molecule has 5 heteroatoms. The number of hydrogen-bond acceptors (Lipinski definition) is 4. The van der Waals surface area contributed by atoms with E-state index in [-0.39, 0.29) is 5.91 Å². The fourth-order valence-corrected chi connectivity index (χ4v) is 4.81. The van der Waals surface area contributed by atoms with Crippen LogP contribution in [-0.4, -0.2) is 37.3 Å². The molecular formula is C28H32N2O2S. The van der Waals surface area contributed by atoms with Crippen molar-refractivity contribution in [1.82, 2.24) is 10.2 Å². The summed E-state index contributed by atoms with van der Waals surface area (Å²) < 4.78 is 5.26. The fourth-order valence-electron chi connectivity index (χ4n) is 4.40. The van der Waals surface area contributed by atoms with Gasteiger partial charge in [-0.15, -0.1) is 11.8 Å². The van der Waals surface area contributed by atoms with Crippen LogP contribution in [0.3, 0.4) is 0 Å². The summed E-state index contributed by atoms with van der Waals surface area (Å²) >= 11 is 1.68. The molecule has 0 bridgehead atoms. The number of thioether (sulfide) groups is 1. The number of nitrogens with one attached hydrogen (secondary N) is 1. The van der Waals surface area contributed by atoms with Crippen molar-refractivity contribution < 1.29 is 9.53 Å². The van der Waals surface area contributed by atoms with Gasteiger partial charge in [-0.05, 0) is 91.2 Å². The first-order valence-corrected chi connectivity index (χ1v) is 12.7. The molecule has 0 aromatic heterocycles. The van der Waals surface area contributed by atoms with Gasteiger partial charge in [0.1, 0.15) is 5.75 Å². The molecule has 1 fully saturated rings. The van der Waals surface area contributed by atoms with E-state index in [4.69, 9.17) is 4.74 Å². The topological polar surface area (TPSA) is 41.6 Å². The Kier molecular flexibility index (Phi) is 8.08. The smallest absolute Gasteiger partial charge is 0.251 e. The minimum absolute atomic E-state index is 0.0279. The first-order valence-electron chi connectivity index (χ1n) is 11.5. The second-order valence-corrected chi connectivity index (χ2v) is 9.43. The van der Waals surface area contributed by atoms with E-state index in [9.17, 15) is 4.79 Å². The van der Waals surface area contributed by atoms with E-state index < -0.39 is 0 Å². The van der Waals surface area contributed by atoms with Crippen LogP contribution < -0.4 is 10.1 Å². The number of amides is 1. The maximum Gasteiger partial charge on any atom is 0.251 e. The predicted molar refractivity (Wildman–Crippen MR) is 136 cm³/mol. The summed E-state index contributed by atoms with van der Waals surface area (Å²) in [6.07, 6.45) is 4.36. The minimum atomic E-state index is -0.0279. The molecule has 0 saturated carbocycles. The zero-order chi connectivity index (χ0) is 23.0. The van der Waals surface area contributed by atoms with Crippen molar-refractivity contribution in [2.75, 3.05) is 26.5 Å². The number of likely N-dealkylation sites (tertiary alicyclic amines) is 1. The van der Waals surface area contributed by atoms with Gasteiger partial charge in [0, 0.05) is 23.5 Å². The molecule has 1 heterocycles. The Morgan fingerprint density at radius 1 is 1.00 bits per heavy atom. The number of nitrogens with zero attached hydrogens (tertiary/aromatic N) is 1. The van der Waals surface area contributed by atoms with Crippen LogP contribution in [0.25, 0.3) is 0 Å². The van der Waals surface area contributed by atoms with Crippen LogP contribution in [0.15, 0.2) is 77.7 Å². The molecule has 1 amide bonds. The number of benzene rings is 3. The third-order valence-electron chi connectivity index (χ3n) is 6.38. The van der Waals surface area contributed by atoms with Crippen molar-refractivity contribution in [1.29, 1.82) is 0 Å². The van der Waals surface area contributed by atoms with Crippen LogP contribution in [0.1, 0.15) is 45.8 Å². The van der Waals surface area contributed by atoms with Crippen LogP contribution in [0, 0.1) is 0 Å². The van der Waals surface area contributed by atoms with Crippen molar-refractivity contribution in [3.05, 3.63) is 95.1 Å². The average Bonchev–Trinajstić information content (AvgIpc) is 2.88. The molecule has 1 aliphatic rings. The predicted octanol–water partition coefficient (Wildman–Crippen LogP) is 5.73. The van der Waals surface area contributed by atoms with E-state index in [0.717, 1.165) is 48.7 Å². The highest BCUT2D eigenvalue weighted by molar-refractivity contribution is 7.98. The van der Waals surface area contributed by atoms with E-state index >= 15 is 0 Å². The largest absolute Gasteiger partial charge is 0.497 e. The van der Waals surface area contributed by atoms with Crippen LogP contribution in [0.5, 0.6) is 5.75 Å². The van der Waals surface area contributed by atoms with Crippen molar-refractivity contribution in [2.24, 2.45) is 0 Å². The fraction of sp³-hybridized carbons (Fsp3) is 0.321. The lowest BCUT2D eigenvalue weighted by molar-refractivity contribution is 0.0951. The highest BCUT2D eigenvalue weighted by Gasteiger charge is 2.21. The molecule has 33 heavy (non-hydrogen) atoms. The first kappa shape index (κ1) is 23.4. The Bertz CT molecular complexity index is 1040. The summed E-state index contributed by atoms with van der Waals surface area (Å²) in [5, 5.41) is 3.06. The summed E-state index contributed by atoms with van der Waals surface area (Å²) in [4.78, 5) is 16.2. The molecule has 4 rings (SSSR count). The monoisotopic (exact) mass is 460 g/mol. The number of hydrogen-bond donors (Lipinski definition) is 1. The van der Waals surface area contributed by atoms with Gasteiger partial charge in [-0.1, -0.05) is 36.4 Å². The second-order valence-electron chi connectivity index (χ2n) is 8.55. The molecule has 4 nitrogen and oxygen atoms in total. The number of carbonyl (C=O) groups is 1. The molecule has 0 radical (unpaired) electrons. The lowest BCUT2D eigenvalue weighted by atomic mass is 9.88. The molecule has 0 spiro atoms. The van der Waals surface area contributed by atoms with E-state index in [1.54, 1.807) is 18.9 Å². The Labute approximate surface area is 201 Å². The number of carbonyl (C=O) groups excluding carboxylic acids is 1. The van der Waals surface area contributed by atoms with Gasteiger partial charge in [-0.2, -0.15) is 0 Å². The van der Waals surface area contributed by atoms with Gasteiger partial charge in [0.05, 0.1) is 7.11 Å². The third-order valence-corrected chi connectivity index (χ3v) is 7.12. The number of ether oxygens (including phenoxy) is 1. The molecule has 1 aliphatic heterocycles. The minimum Gasteiger partial charge on any atom is -0.497 e. The van der Waals surface area contributed by atoms with Crippen molar-refractivity contribution in [3.8, 4) is 5.75 Å². The zero-order valence-corrected chi connectivity index (χ0v) is 20.2. The van der Waals surface area contributed by atoms with Gasteiger partial charge in [0.2, 0.25) is 0 Å². The molecule has 1 N–H and O–H groups in total. The molecule has 0 atom stereocenters. The Balaban J connectivity index is 1.28. The maximum atomic E-state index is 12.5. The quantitative estimate of drug-likeness (QED) is 0.436. The average molecular weight is 461 g/mol. The maximum absolute atomic E-state index is 12.5. The van der Waals surface area contributed by atoms with Gasteiger partial charge in [-0.3, -0.25) is 9.69 Å². The highest BCUT2D eigenvalue weighted by atomic mass is 32.2. The van der Waals surface area contributed by atoms with E-state index in [1.165, 1.54) is 11.1 Å². The first-order chi connectivity index (χ1) is 16.1. The van der Waals surface area contributed by atoms with Crippen molar-refractivity contribution in [2.45, 2.75) is 36.7 Å². The van der Waals surface area contributed by atoms with Crippen LogP contribution in [-0.2, 0) is 13.1 Å². The summed E-state index contributed by atoms with van der Waals surface area (Å²) in [5.74, 6) is 1.45. The molecule has 3 aromatic rings. The summed E-state index contributed by atoms with van der Waals surface area (Å²) in [5.41, 5.74) is 4.57. The van der Waals surface area contributed by atoms with Gasteiger partial charge in [0.15, 0.2) is 0 Å². The van der Waals surface area contributed by atoms with Crippen LogP contribution in [0.2, 0.25) is 0 Å². The van der Waals surface area contributed by atoms with Crippen molar-refractivity contribution >= 4 is 17.7 Å². The summed E-state index contributed by atoms with van der Waals surface area (Å²) in [7, 11) is 1.70. The number of rotatable bonds is 8. The second kappa shape index (κ2) is 11.4. The van der Waals surface area contributed by atoms with Gasteiger partial charge in [-0.25, -0.2) is 0 Å². The highest BCUT2D eigenvalue weighted by Crippen LogP contribution is 2.29. The molecule has 1 saturated heterocycles. The van der Waals surface area contributed by atoms with E-state index in [1.807, 2.05) is 42.7 Å². The van der Waals surface area contributed by atoms with E-state index in [0.29, 0.717) is 18.0 Å². The summed E-state index contributed by atoms with van der Waals surface area (Å²) in [6.45, 7) is 3.74. The van der Waals surface area contributed by atoms with Gasteiger partial charge < -0.3 is 10.1 Å². The SMILES string of the molecule is COc1ccc(CN2CCC(c3cccc(CNC(=O)c4ccc(SC)cc4)c3)CC2)cc1. The van der Waals surface area contributed by atoms with Gasteiger partial charge >= 0.3 is 0 Å². The van der Waals surface area contributed by atoms with E-state index in [2.05, 4.69) is 46.6 Å². The molecular weight excluding hydrogens is 428 g/mol. The third kappa shape index (κ3) is 6.40. The standard InChI is InChI=1S/C28H32N2O2S/c1-32-26-10-6-21(7-11-26)20-30-16-14-23(15-17-30)25-5-3-4-22(18-25)19-29-28(31)24-8-12-27(33-2)13-9-24/h3-13,18,23H,14-17,19-20H2,1-2H3,(H,29,31). The molecule has 3 aromatic carbocycles. The normalized spacial score (nSPS) is 14.7. The zero-order valence-electron chi connectivity index (χ0n) is 19.4. The van der Waals surface area contributed by atoms with Crippen molar-refractivity contribution in [3.63, 3.8) is 0 Å². The Morgan fingerprint density at radius 3 is 2.39 bits per heavy atom. The van der Waals surface area contributed by atoms with Crippen LogP contribution >= 0.6 is 11.8 Å². The number of piperidine rings is 1.